The maximum atomic E-state index is 12.1. The van der Waals surface area contributed by atoms with Gasteiger partial charge in [-0.3, -0.25) is 19.7 Å². The van der Waals surface area contributed by atoms with Crippen LogP contribution in [0.5, 0.6) is 0 Å². The number of nitrogens with zero attached hydrogens (tertiary/aromatic N) is 1. The maximum absolute atomic E-state index is 12.1. The normalized spacial score (nSPS) is 17.9. The Hall–Kier alpha value is -2.90. The van der Waals surface area contributed by atoms with Crippen molar-refractivity contribution in [1.82, 2.24) is 10.2 Å². The van der Waals surface area contributed by atoms with Crippen LogP contribution in [0.2, 0.25) is 0 Å². The van der Waals surface area contributed by atoms with Crippen molar-refractivity contribution in [3.8, 4) is 0 Å². The van der Waals surface area contributed by atoms with E-state index in [0.29, 0.717) is 13.0 Å². The number of hydrogen-bond donors (Lipinski definition) is 2. The lowest BCUT2D eigenvalue weighted by Crippen LogP contribution is -2.42. The first-order valence-electron chi connectivity index (χ1n) is 7.99. The van der Waals surface area contributed by atoms with Crippen LogP contribution in [0.4, 0.5) is 4.79 Å². The molecular weight excluding hydrogens is 326 g/mol. The van der Waals surface area contributed by atoms with Gasteiger partial charge in [-0.25, -0.2) is 4.79 Å². The second-order valence-electron chi connectivity index (χ2n) is 5.91. The number of imide groups is 1. The fourth-order valence-electron chi connectivity index (χ4n) is 2.60. The third kappa shape index (κ3) is 5.30. The number of ether oxygens (including phenoxy) is 1. The molecule has 1 fully saturated rings. The highest BCUT2D eigenvalue weighted by molar-refractivity contribution is 5.96. The van der Waals surface area contributed by atoms with Gasteiger partial charge in [0.05, 0.1) is 5.92 Å². The molecule has 0 spiro atoms. The molecule has 0 aromatic heterocycles. The summed E-state index contributed by atoms with van der Waals surface area (Å²) in [6, 6.07) is 8.72. The quantitative estimate of drug-likeness (QED) is 0.713. The average molecular weight is 347 g/mol. The van der Waals surface area contributed by atoms with Gasteiger partial charge in [-0.15, -0.1) is 0 Å². The van der Waals surface area contributed by atoms with Crippen molar-refractivity contribution in [3.05, 3.63) is 35.9 Å². The Morgan fingerprint density at radius 1 is 1.32 bits per heavy atom. The first-order chi connectivity index (χ1) is 11.9. The minimum atomic E-state index is -1.16. The van der Waals surface area contributed by atoms with E-state index in [9.17, 15) is 19.2 Å². The van der Waals surface area contributed by atoms with E-state index in [0.717, 1.165) is 5.56 Å². The number of carbonyl (C=O) groups is 4. The Labute approximate surface area is 145 Å². The van der Waals surface area contributed by atoms with Gasteiger partial charge in [-0.2, -0.15) is 0 Å². The molecule has 2 atom stereocenters. The van der Waals surface area contributed by atoms with E-state index in [1.54, 1.807) is 4.90 Å². The van der Waals surface area contributed by atoms with Crippen LogP contribution in [0.3, 0.4) is 0 Å². The number of likely N-dealkylation sites (tertiary alicyclic amines) is 1. The Morgan fingerprint density at radius 2 is 2.00 bits per heavy atom. The molecule has 2 rings (SSSR count). The predicted molar refractivity (Wildman–Crippen MR) is 88.1 cm³/mol. The van der Waals surface area contributed by atoms with Crippen molar-refractivity contribution < 1.29 is 23.9 Å². The molecule has 1 aromatic carbocycles. The summed E-state index contributed by atoms with van der Waals surface area (Å²) < 4.78 is 5.02. The molecule has 8 nitrogen and oxygen atoms in total. The van der Waals surface area contributed by atoms with E-state index in [2.05, 4.69) is 0 Å². The van der Waals surface area contributed by atoms with Crippen LogP contribution >= 0.6 is 0 Å². The predicted octanol–water partition coefficient (Wildman–Crippen LogP) is 0.204. The van der Waals surface area contributed by atoms with E-state index in [1.165, 1.54) is 6.92 Å². The minimum absolute atomic E-state index is 0.0534. The molecule has 0 radical (unpaired) electrons. The van der Waals surface area contributed by atoms with Gasteiger partial charge in [0.1, 0.15) is 0 Å². The SMILES string of the molecule is C[C@H](OC(=O)[C@@H]1CC(=O)N(CCc2ccccc2)C1)C(=O)NC(N)=O. The van der Waals surface area contributed by atoms with Crippen molar-refractivity contribution in [2.45, 2.75) is 25.9 Å². The summed E-state index contributed by atoms with van der Waals surface area (Å²) in [5, 5.41) is 1.84. The first kappa shape index (κ1) is 18.4. The van der Waals surface area contributed by atoms with Gasteiger partial charge in [0.25, 0.3) is 5.91 Å². The number of carbonyl (C=O) groups excluding carboxylic acids is 4. The number of rotatable bonds is 6. The summed E-state index contributed by atoms with van der Waals surface area (Å²) in [7, 11) is 0. The highest BCUT2D eigenvalue weighted by Gasteiger charge is 2.36. The lowest BCUT2D eigenvalue weighted by atomic mass is 10.1. The van der Waals surface area contributed by atoms with Gasteiger partial charge in [0.15, 0.2) is 6.10 Å². The lowest BCUT2D eigenvalue weighted by Gasteiger charge is -2.17. The van der Waals surface area contributed by atoms with Crippen molar-refractivity contribution in [3.63, 3.8) is 0 Å². The number of hydrogen-bond acceptors (Lipinski definition) is 5. The number of nitrogens with one attached hydrogen (secondary N) is 1. The Kier molecular flexibility index (Phi) is 6.10. The minimum Gasteiger partial charge on any atom is -0.452 e. The van der Waals surface area contributed by atoms with Crippen LogP contribution in [0.25, 0.3) is 0 Å². The van der Waals surface area contributed by atoms with Crippen LogP contribution in [0.15, 0.2) is 30.3 Å². The summed E-state index contributed by atoms with van der Waals surface area (Å²) >= 11 is 0. The molecule has 0 unspecified atom stereocenters. The molecule has 1 aliphatic heterocycles. The van der Waals surface area contributed by atoms with Gasteiger partial charge in [-0.05, 0) is 18.9 Å². The second kappa shape index (κ2) is 8.27. The molecule has 1 saturated heterocycles. The highest BCUT2D eigenvalue weighted by Crippen LogP contribution is 2.20. The number of amides is 4. The van der Waals surface area contributed by atoms with Gasteiger partial charge in [-0.1, -0.05) is 30.3 Å². The van der Waals surface area contributed by atoms with Crippen molar-refractivity contribution in [2.24, 2.45) is 11.7 Å². The Bertz CT molecular complexity index is 662. The lowest BCUT2D eigenvalue weighted by molar-refractivity contribution is -0.158. The fraction of sp³-hybridized carbons (Fsp3) is 0.412. The summed E-state index contributed by atoms with van der Waals surface area (Å²) in [5.74, 6) is -2.17. The molecule has 0 bridgehead atoms. The van der Waals surface area contributed by atoms with Gasteiger partial charge in [0.2, 0.25) is 5.91 Å². The van der Waals surface area contributed by atoms with Crippen molar-refractivity contribution >= 4 is 23.8 Å². The van der Waals surface area contributed by atoms with Crippen LogP contribution < -0.4 is 11.1 Å². The number of nitrogens with two attached hydrogens (primary N) is 1. The molecule has 1 aliphatic rings. The van der Waals surface area contributed by atoms with E-state index in [1.807, 2.05) is 35.6 Å². The average Bonchev–Trinajstić information content (AvgIpc) is 2.94. The topological polar surface area (TPSA) is 119 Å². The number of urea groups is 1. The molecule has 0 aliphatic carbocycles. The monoisotopic (exact) mass is 347 g/mol. The molecule has 0 saturated carbocycles. The van der Waals surface area contributed by atoms with Gasteiger partial charge >= 0.3 is 12.0 Å². The zero-order valence-corrected chi connectivity index (χ0v) is 13.9. The number of esters is 1. The fourth-order valence-corrected chi connectivity index (χ4v) is 2.60. The zero-order valence-electron chi connectivity index (χ0n) is 13.9. The first-order valence-corrected chi connectivity index (χ1v) is 7.99. The Morgan fingerprint density at radius 3 is 2.64 bits per heavy atom. The largest absolute Gasteiger partial charge is 0.452 e. The van der Waals surface area contributed by atoms with E-state index >= 15 is 0 Å². The number of primary amides is 1. The van der Waals surface area contributed by atoms with Crippen LogP contribution in [0.1, 0.15) is 18.9 Å². The summed E-state index contributed by atoms with van der Waals surface area (Å²) in [6.07, 6.45) is -0.405. The van der Waals surface area contributed by atoms with Crippen LogP contribution in [0, 0.1) is 5.92 Å². The van der Waals surface area contributed by atoms with Crippen LogP contribution in [-0.2, 0) is 25.5 Å². The maximum Gasteiger partial charge on any atom is 0.318 e. The standard InChI is InChI=1S/C17H21N3O5/c1-11(15(22)19-17(18)24)25-16(23)13-9-14(21)20(10-13)8-7-12-5-3-2-4-6-12/h2-6,11,13H,7-10H2,1H3,(H3,18,19,22,24)/t11-,13+/m0/s1. The number of benzene rings is 1. The molecule has 1 aromatic rings. The summed E-state index contributed by atoms with van der Waals surface area (Å²) in [4.78, 5) is 47.9. The second-order valence-corrected chi connectivity index (χ2v) is 5.91. The molecule has 4 amide bonds. The van der Waals surface area contributed by atoms with Gasteiger partial charge in [0, 0.05) is 19.5 Å². The third-order valence-corrected chi connectivity index (χ3v) is 3.97. The third-order valence-electron chi connectivity index (χ3n) is 3.97. The van der Waals surface area contributed by atoms with Crippen LogP contribution in [-0.4, -0.2) is 47.9 Å². The molecule has 3 N–H and O–H groups in total. The zero-order chi connectivity index (χ0) is 18.4. The highest BCUT2D eigenvalue weighted by atomic mass is 16.5. The van der Waals surface area contributed by atoms with E-state index < -0.39 is 29.9 Å². The molecule has 134 valence electrons. The molecular formula is C17H21N3O5. The molecule has 1 heterocycles. The van der Waals surface area contributed by atoms with Crippen molar-refractivity contribution in [1.29, 1.82) is 0 Å². The summed E-state index contributed by atoms with van der Waals surface area (Å²) in [5.41, 5.74) is 5.95. The smallest absolute Gasteiger partial charge is 0.318 e. The van der Waals surface area contributed by atoms with E-state index in [4.69, 9.17) is 10.5 Å². The van der Waals surface area contributed by atoms with E-state index in [-0.39, 0.29) is 18.9 Å². The summed E-state index contributed by atoms with van der Waals surface area (Å²) in [6.45, 7) is 2.11. The van der Waals surface area contributed by atoms with Crippen molar-refractivity contribution in [2.75, 3.05) is 13.1 Å². The molecule has 8 heteroatoms. The van der Waals surface area contributed by atoms with Gasteiger partial charge < -0.3 is 15.4 Å². The molecule has 25 heavy (non-hydrogen) atoms. The Balaban J connectivity index is 1.83.